The topological polar surface area (TPSA) is 122 Å². The smallest absolute Gasteiger partial charge is 0.326 e. The molecule has 0 bridgehead atoms. The molecule has 0 heterocycles. The lowest BCUT2D eigenvalue weighted by Crippen LogP contribution is -2.45. The third-order valence-corrected chi connectivity index (χ3v) is 2.83. The first kappa shape index (κ1) is 15.9. The lowest BCUT2D eigenvalue weighted by molar-refractivity contribution is -0.140. The first-order valence-electron chi connectivity index (χ1n) is 5.33. The number of hydrogen-bond acceptors (Lipinski definition) is 3. The van der Waals surface area contributed by atoms with Gasteiger partial charge in [0.1, 0.15) is 11.9 Å². The van der Waals surface area contributed by atoms with Gasteiger partial charge in [-0.25, -0.2) is 14.0 Å². The molecule has 1 unspecified atom stereocenters. The predicted molar refractivity (Wildman–Crippen MR) is 71.5 cm³/mol. The SMILES string of the molecule is NC(=O)CC(NC(=O)Nc1ccc(Br)c(F)c1)C(=O)O. The maximum Gasteiger partial charge on any atom is 0.326 e. The maximum absolute atomic E-state index is 13.2. The molecule has 20 heavy (non-hydrogen) atoms. The number of carbonyl (C=O) groups excluding carboxylic acids is 2. The summed E-state index contributed by atoms with van der Waals surface area (Å²) in [7, 11) is 0. The number of amides is 3. The van der Waals surface area contributed by atoms with Crippen molar-refractivity contribution in [1.29, 1.82) is 0 Å². The zero-order chi connectivity index (χ0) is 15.3. The van der Waals surface area contributed by atoms with Gasteiger partial charge in [-0.3, -0.25) is 4.79 Å². The van der Waals surface area contributed by atoms with Crippen molar-refractivity contribution in [3.05, 3.63) is 28.5 Å². The van der Waals surface area contributed by atoms with Crippen molar-refractivity contribution in [3.8, 4) is 0 Å². The highest BCUT2D eigenvalue weighted by molar-refractivity contribution is 9.10. The number of nitrogens with one attached hydrogen (secondary N) is 2. The van der Waals surface area contributed by atoms with Crippen LogP contribution in [0.3, 0.4) is 0 Å². The van der Waals surface area contributed by atoms with Crippen LogP contribution in [0, 0.1) is 5.82 Å². The van der Waals surface area contributed by atoms with Gasteiger partial charge in [0.15, 0.2) is 0 Å². The summed E-state index contributed by atoms with van der Waals surface area (Å²) >= 11 is 2.95. The molecule has 3 amide bonds. The molecule has 0 saturated heterocycles. The van der Waals surface area contributed by atoms with E-state index in [9.17, 15) is 18.8 Å². The summed E-state index contributed by atoms with van der Waals surface area (Å²) in [4.78, 5) is 33.0. The summed E-state index contributed by atoms with van der Waals surface area (Å²) < 4.78 is 13.4. The van der Waals surface area contributed by atoms with Crippen LogP contribution in [0.15, 0.2) is 22.7 Å². The number of urea groups is 1. The van der Waals surface area contributed by atoms with E-state index in [1.807, 2.05) is 5.32 Å². The molecule has 9 heteroatoms. The molecule has 1 rings (SSSR count). The molecule has 1 atom stereocenters. The van der Waals surface area contributed by atoms with E-state index in [2.05, 4.69) is 21.2 Å². The molecular formula is C11H11BrFN3O4. The van der Waals surface area contributed by atoms with Gasteiger partial charge in [0, 0.05) is 5.69 Å². The number of hydrogen-bond donors (Lipinski definition) is 4. The zero-order valence-corrected chi connectivity index (χ0v) is 11.6. The molecule has 0 spiro atoms. The molecule has 0 radical (unpaired) electrons. The Morgan fingerprint density at radius 3 is 2.55 bits per heavy atom. The highest BCUT2D eigenvalue weighted by Gasteiger charge is 2.22. The predicted octanol–water partition coefficient (Wildman–Crippen LogP) is 1.04. The van der Waals surface area contributed by atoms with Gasteiger partial charge >= 0.3 is 12.0 Å². The van der Waals surface area contributed by atoms with Crippen LogP contribution in [0.5, 0.6) is 0 Å². The van der Waals surface area contributed by atoms with Crippen molar-refractivity contribution in [1.82, 2.24) is 5.32 Å². The number of anilines is 1. The van der Waals surface area contributed by atoms with E-state index in [-0.39, 0.29) is 10.2 Å². The molecule has 0 saturated carbocycles. The Morgan fingerprint density at radius 1 is 1.40 bits per heavy atom. The average Bonchev–Trinajstić information content (AvgIpc) is 2.32. The monoisotopic (exact) mass is 347 g/mol. The Morgan fingerprint density at radius 2 is 2.05 bits per heavy atom. The van der Waals surface area contributed by atoms with Gasteiger partial charge in [0.25, 0.3) is 0 Å². The first-order chi connectivity index (χ1) is 9.29. The lowest BCUT2D eigenvalue weighted by atomic mass is 10.2. The summed E-state index contributed by atoms with van der Waals surface area (Å²) in [5.74, 6) is -2.86. The van der Waals surface area contributed by atoms with Gasteiger partial charge in [-0.2, -0.15) is 0 Å². The molecule has 7 nitrogen and oxygen atoms in total. The summed E-state index contributed by atoms with van der Waals surface area (Å²) in [6, 6.07) is 1.50. The molecular weight excluding hydrogens is 337 g/mol. The number of carbonyl (C=O) groups is 3. The van der Waals surface area contributed by atoms with Crippen molar-refractivity contribution in [2.75, 3.05) is 5.32 Å². The largest absolute Gasteiger partial charge is 0.480 e. The second-order valence-corrected chi connectivity index (χ2v) is 4.64. The van der Waals surface area contributed by atoms with E-state index < -0.39 is 36.2 Å². The van der Waals surface area contributed by atoms with Crippen LogP contribution >= 0.6 is 15.9 Å². The Hall–Kier alpha value is -2.16. The number of rotatable bonds is 5. The average molecular weight is 348 g/mol. The normalized spacial score (nSPS) is 11.5. The van der Waals surface area contributed by atoms with Gasteiger partial charge in [-0.15, -0.1) is 0 Å². The van der Waals surface area contributed by atoms with E-state index in [0.29, 0.717) is 0 Å². The van der Waals surface area contributed by atoms with Crippen LogP contribution in [-0.2, 0) is 9.59 Å². The minimum absolute atomic E-state index is 0.131. The highest BCUT2D eigenvalue weighted by atomic mass is 79.9. The highest BCUT2D eigenvalue weighted by Crippen LogP contribution is 2.19. The molecule has 0 aliphatic rings. The summed E-state index contributed by atoms with van der Waals surface area (Å²) in [5, 5.41) is 13.1. The number of carboxylic acids is 1. The molecule has 0 aliphatic carbocycles. The number of aliphatic carboxylic acids is 1. The molecule has 108 valence electrons. The summed E-state index contributed by atoms with van der Waals surface area (Å²) in [5.41, 5.74) is 5.00. The lowest BCUT2D eigenvalue weighted by Gasteiger charge is -2.13. The molecule has 0 aliphatic heterocycles. The fraction of sp³-hybridized carbons (Fsp3) is 0.182. The number of primary amides is 1. The third-order valence-electron chi connectivity index (χ3n) is 2.19. The first-order valence-corrected chi connectivity index (χ1v) is 6.12. The van der Waals surface area contributed by atoms with Crippen molar-refractivity contribution in [2.45, 2.75) is 12.5 Å². The van der Waals surface area contributed by atoms with Gasteiger partial charge < -0.3 is 21.5 Å². The minimum Gasteiger partial charge on any atom is -0.480 e. The van der Waals surface area contributed by atoms with Gasteiger partial charge in [-0.1, -0.05) is 0 Å². The van der Waals surface area contributed by atoms with Gasteiger partial charge in [-0.05, 0) is 34.1 Å². The van der Waals surface area contributed by atoms with Crippen LogP contribution in [0.1, 0.15) is 6.42 Å². The van der Waals surface area contributed by atoms with Crippen LogP contribution in [-0.4, -0.2) is 29.1 Å². The van der Waals surface area contributed by atoms with Crippen molar-refractivity contribution in [2.24, 2.45) is 5.73 Å². The number of carboxylic acid groups (broad SMARTS) is 1. The van der Waals surface area contributed by atoms with E-state index in [0.717, 1.165) is 6.07 Å². The number of benzene rings is 1. The quantitative estimate of drug-likeness (QED) is 0.635. The van der Waals surface area contributed by atoms with E-state index in [1.165, 1.54) is 12.1 Å². The number of nitrogens with two attached hydrogens (primary N) is 1. The van der Waals surface area contributed by atoms with Crippen molar-refractivity contribution >= 4 is 39.5 Å². The summed E-state index contributed by atoms with van der Waals surface area (Å²) in [6.45, 7) is 0. The molecule has 1 aromatic rings. The molecule has 0 fully saturated rings. The molecule has 0 aromatic heterocycles. The Kier molecular flexibility index (Phi) is 5.44. The van der Waals surface area contributed by atoms with E-state index in [1.54, 1.807) is 0 Å². The van der Waals surface area contributed by atoms with E-state index >= 15 is 0 Å². The number of halogens is 2. The maximum atomic E-state index is 13.2. The summed E-state index contributed by atoms with van der Waals surface area (Å²) in [6.07, 6.45) is -0.544. The Balaban J connectivity index is 2.67. The van der Waals surface area contributed by atoms with E-state index in [4.69, 9.17) is 10.8 Å². The Bertz CT molecular complexity index is 552. The van der Waals surface area contributed by atoms with Crippen molar-refractivity contribution < 1.29 is 23.9 Å². The zero-order valence-electron chi connectivity index (χ0n) is 10.0. The van der Waals surface area contributed by atoms with Crippen LogP contribution in [0.4, 0.5) is 14.9 Å². The Labute approximate surface area is 121 Å². The second-order valence-electron chi connectivity index (χ2n) is 3.79. The molecule has 1 aromatic carbocycles. The van der Waals surface area contributed by atoms with Gasteiger partial charge in [0.05, 0.1) is 10.9 Å². The fourth-order valence-corrected chi connectivity index (χ4v) is 1.55. The van der Waals surface area contributed by atoms with Gasteiger partial charge in [0.2, 0.25) is 5.91 Å². The standard InChI is InChI=1S/C11H11BrFN3O4/c12-6-2-1-5(3-7(6)13)15-11(20)16-8(10(18)19)4-9(14)17/h1-3,8H,4H2,(H2,14,17)(H,18,19)(H2,15,16,20). The molecule has 5 N–H and O–H groups in total. The van der Waals surface area contributed by atoms with Crippen LogP contribution in [0.2, 0.25) is 0 Å². The third kappa shape index (κ3) is 4.84. The van der Waals surface area contributed by atoms with Crippen LogP contribution < -0.4 is 16.4 Å². The minimum atomic E-state index is -1.45. The van der Waals surface area contributed by atoms with Crippen molar-refractivity contribution in [3.63, 3.8) is 0 Å². The van der Waals surface area contributed by atoms with Crippen LogP contribution in [0.25, 0.3) is 0 Å². The fourth-order valence-electron chi connectivity index (χ4n) is 1.30. The second kappa shape index (κ2) is 6.85.